The van der Waals surface area contributed by atoms with Crippen LogP contribution in [0, 0.1) is 5.92 Å². The average molecular weight is 176 g/mol. The van der Waals surface area contributed by atoms with Crippen LogP contribution in [0.1, 0.15) is 6.92 Å². The van der Waals surface area contributed by atoms with E-state index >= 15 is 0 Å². The van der Waals surface area contributed by atoms with Crippen molar-refractivity contribution in [2.75, 3.05) is 12.4 Å². The molecule has 0 aliphatic carbocycles. The predicted octanol–water partition coefficient (Wildman–Crippen LogP) is -4.13. The Kier molecular flexibility index (Phi) is 7.42. The molecule has 4 nitrogen and oxygen atoms in total. The average Bonchev–Trinajstić information content (AvgIpc) is 1.62. The Hall–Kier alpha value is 0.870. The molecular weight excluding hydrogens is 167 g/mol. The molecule has 0 saturated heterocycles. The zero-order chi connectivity index (χ0) is 7.49. The van der Waals surface area contributed by atoms with Crippen molar-refractivity contribution in [1.29, 1.82) is 0 Å². The van der Waals surface area contributed by atoms with Crippen molar-refractivity contribution in [3.8, 4) is 0 Å². The molecule has 0 saturated carbocycles. The summed E-state index contributed by atoms with van der Waals surface area (Å²) < 4.78 is 28.2. The maximum Gasteiger partial charge on any atom is 1.00 e. The Morgan fingerprint density at radius 3 is 2.10 bits per heavy atom. The summed E-state index contributed by atoms with van der Waals surface area (Å²) in [6.45, 7) is 1.00. The van der Waals surface area contributed by atoms with E-state index in [-0.39, 0.29) is 29.6 Å². The van der Waals surface area contributed by atoms with E-state index in [4.69, 9.17) is 4.55 Å². The fourth-order valence-corrected chi connectivity index (χ4v) is 1.22. The van der Waals surface area contributed by atoms with E-state index in [1.807, 2.05) is 0 Å². The molecule has 0 bridgehead atoms. The van der Waals surface area contributed by atoms with Crippen molar-refractivity contribution < 1.29 is 47.6 Å². The molecule has 0 heterocycles. The molecule has 10 heavy (non-hydrogen) atoms. The van der Waals surface area contributed by atoms with Gasteiger partial charge in [0.25, 0.3) is 10.1 Å². The topological polar surface area (TPSA) is 77.4 Å². The molecule has 0 spiro atoms. The van der Waals surface area contributed by atoms with Crippen LogP contribution in [-0.4, -0.2) is 25.3 Å². The van der Waals surface area contributed by atoms with Gasteiger partial charge in [0.1, 0.15) is 0 Å². The van der Waals surface area contributed by atoms with Crippen LogP contribution >= 0.6 is 0 Å². The Labute approximate surface area is 82.7 Å². The van der Waals surface area contributed by atoms with Gasteiger partial charge in [0.2, 0.25) is 0 Å². The molecule has 0 aliphatic rings. The third-order valence-electron chi connectivity index (χ3n) is 0.780. The van der Waals surface area contributed by atoms with Crippen molar-refractivity contribution in [1.82, 2.24) is 0 Å². The van der Waals surface area contributed by atoms with Gasteiger partial charge >= 0.3 is 29.6 Å². The first-order chi connectivity index (χ1) is 3.95. The van der Waals surface area contributed by atoms with Crippen LogP contribution in [0.2, 0.25) is 0 Å². The maximum atomic E-state index is 10.0. The van der Waals surface area contributed by atoms with Crippen LogP contribution in [0.25, 0.3) is 0 Å². The van der Waals surface area contributed by atoms with Gasteiger partial charge in [-0.3, -0.25) is 4.55 Å². The molecule has 1 unspecified atom stereocenters. The molecule has 0 fully saturated rings. The Bertz CT molecular complexity index is 164. The van der Waals surface area contributed by atoms with Crippen molar-refractivity contribution in [3.05, 3.63) is 0 Å². The van der Waals surface area contributed by atoms with Gasteiger partial charge in [-0.1, -0.05) is 6.92 Å². The van der Waals surface area contributed by atoms with Gasteiger partial charge in [0, 0.05) is 0 Å². The minimum absolute atomic E-state index is 0. The quantitative estimate of drug-likeness (QED) is 0.350. The number of hydrogen-bond donors (Lipinski definition) is 1. The standard InChI is InChI=1S/C4H9O4S.Na/c1-4(2-5)3-9(6,7)8;/h4H,2-3H2,1H3,(H,6,7,8);/q-1;+1. The third kappa shape index (κ3) is 8.87. The number of hydrogen-bond acceptors (Lipinski definition) is 3. The fraction of sp³-hybridized carbons (Fsp3) is 1.00. The second kappa shape index (κ2) is 5.51. The largest absolute Gasteiger partial charge is 1.00 e. The second-order valence-electron chi connectivity index (χ2n) is 2.02. The summed E-state index contributed by atoms with van der Waals surface area (Å²) in [5, 5.41) is 9.93. The molecule has 6 heteroatoms. The minimum atomic E-state index is -3.94. The molecule has 1 atom stereocenters. The van der Waals surface area contributed by atoms with Crippen molar-refractivity contribution >= 4 is 10.1 Å². The van der Waals surface area contributed by atoms with E-state index in [9.17, 15) is 13.5 Å². The Morgan fingerprint density at radius 1 is 1.60 bits per heavy atom. The van der Waals surface area contributed by atoms with E-state index in [0.717, 1.165) is 0 Å². The molecule has 0 aromatic carbocycles. The summed E-state index contributed by atoms with van der Waals surface area (Å²) in [5.74, 6) is -0.934. The van der Waals surface area contributed by atoms with Crippen molar-refractivity contribution in [2.45, 2.75) is 6.92 Å². The zero-order valence-electron chi connectivity index (χ0n) is 6.07. The molecular formula is C4H9NaO4S. The summed E-state index contributed by atoms with van der Waals surface area (Å²) in [6, 6.07) is 0. The molecule has 0 amide bonds. The van der Waals surface area contributed by atoms with E-state index in [1.165, 1.54) is 6.92 Å². The second-order valence-corrected chi connectivity index (χ2v) is 3.52. The summed E-state index contributed by atoms with van der Waals surface area (Å²) in [6.07, 6.45) is 0. The van der Waals surface area contributed by atoms with Gasteiger partial charge < -0.3 is 5.11 Å². The van der Waals surface area contributed by atoms with Gasteiger partial charge in [0.15, 0.2) is 0 Å². The maximum absolute atomic E-state index is 10.0. The predicted molar refractivity (Wildman–Crippen MR) is 30.4 cm³/mol. The first kappa shape index (κ1) is 13.5. The van der Waals surface area contributed by atoms with Crippen LogP contribution < -0.4 is 34.7 Å². The first-order valence-electron chi connectivity index (χ1n) is 2.49. The summed E-state index contributed by atoms with van der Waals surface area (Å²) >= 11 is 0. The SMILES string of the molecule is CC(C[O-])CS(=O)(=O)O.[Na+]. The monoisotopic (exact) mass is 176 g/mol. The minimum Gasteiger partial charge on any atom is -0.854 e. The molecule has 0 aliphatic heterocycles. The van der Waals surface area contributed by atoms with Crippen LogP contribution in [-0.2, 0) is 10.1 Å². The Balaban J connectivity index is 0. The molecule has 56 valence electrons. The third-order valence-corrected chi connectivity index (χ3v) is 1.77. The van der Waals surface area contributed by atoms with E-state index < -0.39 is 28.4 Å². The fourth-order valence-electron chi connectivity index (χ4n) is 0.408. The smallest absolute Gasteiger partial charge is 0.854 e. The van der Waals surface area contributed by atoms with Crippen LogP contribution in [0.3, 0.4) is 0 Å². The van der Waals surface area contributed by atoms with Crippen LogP contribution in [0.15, 0.2) is 0 Å². The molecule has 0 radical (unpaired) electrons. The van der Waals surface area contributed by atoms with E-state index in [2.05, 4.69) is 0 Å². The zero-order valence-corrected chi connectivity index (χ0v) is 8.89. The van der Waals surface area contributed by atoms with E-state index in [1.54, 1.807) is 0 Å². The summed E-state index contributed by atoms with van der Waals surface area (Å²) in [5.41, 5.74) is 0. The van der Waals surface area contributed by atoms with E-state index in [0.29, 0.717) is 0 Å². The van der Waals surface area contributed by atoms with Gasteiger partial charge in [-0.25, -0.2) is 0 Å². The van der Waals surface area contributed by atoms with Gasteiger partial charge in [-0.05, 0) is 5.92 Å². The van der Waals surface area contributed by atoms with Crippen LogP contribution in [0.5, 0.6) is 0 Å². The number of rotatable bonds is 3. The molecule has 0 aromatic rings. The summed E-state index contributed by atoms with van der Waals surface area (Å²) in [7, 11) is -3.94. The van der Waals surface area contributed by atoms with Crippen LogP contribution in [0.4, 0.5) is 0 Å². The normalized spacial score (nSPS) is 13.9. The van der Waals surface area contributed by atoms with Crippen molar-refractivity contribution in [2.24, 2.45) is 5.92 Å². The molecule has 1 N–H and O–H groups in total. The van der Waals surface area contributed by atoms with Gasteiger partial charge in [-0.15, -0.1) is 6.61 Å². The summed E-state index contributed by atoms with van der Waals surface area (Å²) in [4.78, 5) is 0. The van der Waals surface area contributed by atoms with Crippen molar-refractivity contribution in [3.63, 3.8) is 0 Å². The Morgan fingerprint density at radius 2 is 2.00 bits per heavy atom. The molecule has 0 aromatic heterocycles. The first-order valence-corrected chi connectivity index (χ1v) is 4.10. The van der Waals surface area contributed by atoms with Gasteiger partial charge in [-0.2, -0.15) is 8.42 Å². The molecule has 0 rings (SSSR count). The van der Waals surface area contributed by atoms with Gasteiger partial charge in [0.05, 0.1) is 5.75 Å².